The molecule has 4 aromatic rings. The molecular weight excluding hydrogens is 442 g/mol. The molecule has 0 aliphatic heterocycles. The lowest BCUT2D eigenvalue weighted by Gasteiger charge is -2.18. The molecular formula is C26H27N7O2. The number of H-pyrrole nitrogens is 1. The maximum absolute atomic E-state index is 12.0. The zero-order chi connectivity index (χ0) is 24.8. The van der Waals surface area contributed by atoms with Crippen LogP contribution in [-0.2, 0) is 4.79 Å². The molecule has 178 valence electrons. The Morgan fingerprint density at radius 3 is 2.80 bits per heavy atom. The van der Waals surface area contributed by atoms with E-state index in [9.17, 15) is 4.79 Å². The van der Waals surface area contributed by atoms with Crippen molar-refractivity contribution in [3.8, 4) is 29.2 Å². The van der Waals surface area contributed by atoms with Crippen LogP contribution in [0.3, 0.4) is 0 Å². The highest BCUT2D eigenvalue weighted by Gasteiger charge is 2.11. The SMILES string of the molecule is C#Cc1ccc2nc(Nc3cc(OC[C@@H](C)NC(=O)CN(C)C)cc(-c4cn[nH]c4)c3)ncc2c1. The van der Waals surface area contributed by atoms with E-state index in [0.717, 1.165) is 33.3 Å². The molecule has 0 aliphatic rings. The summed E-state index contributed by atoms with van der Waals surface area (Å²) < 4.78 is 6.03. The summed E-state index contributed by atoms with van der Waals surface area (Å²) in [5.41, 5.74) is 4.13. The standard InChI is InChI=1S/C26H27N7O2/c1-5-18-6-7-24-20(8-18)12-27-26(32-24)31-22-9-19(21-13-28-29-14-21)10-23(11-22)35-16-17(2)30-25(34)15-33(3)4/h1,6-14,17H,15-16H2,2-4H3,(H,28,29)(H,30,34)(H,27,31,32)/t17-/m1/s1. The van der Waals surface area contributed by atoms with Crippen molar-refractivity contribution >= 4 is 28.4 Å². The number of nitrogens with one attached hydrogen (secondary N) is 3. The Morgan fingerprint density at radius 2 is 2.06 bits per heavy atom. The molecule has 0 spiro atoms. The van der Waals surface area contributed by atoms with Crippen LogP contribution in [0.5, 0.6) is 5.75 Å². The van der Waals surface area contributed by atoms with Crippen molar-refractivity contribution < 1.29 is 9.53 Å². The fourth-order valence-corrected chi connectivity index (χ4v) is 3.51. The van der Waals surface area contributed by atoms with Gasteiger partial charge in [-0.1, -0.05) is 5.92 Å². The number of amides is 1. The van der Waals surface area contributed by atoms with Crippen LogP contribution < -0.4 is 15.4 Å². The number of aromatic nitrogens is 4. The van der Waals surface area contributed by atoms with Gasteiger partial charge in [0, 0.05) is 40.7 Å². The number of terminal acetylenes is 1. The number of anilines is 2. The third kappa shape index (κ3) is 6.34. The highest BCUT2D eigenvalue weighted by Crippen LogP contribution is 2.29. The first kappa shape index (κ1) is 23.7. The van der Waals surface area contributed by atoms with Gasteiger partial charge in [-0.25, -0.2) is 9.97 Å². The second kappa shape index (κ2) is 10.7. The van der Waals surface area contributed by atoms with Crippen molar-refractivity contribution in [1.82, 2.24) is 30.4 Å². The molecule has 35 heavy (non-hydrogen) atoms. The van der Waals surface area contributed by atoms with Crippen LogP contribution in [0.2, 0.25) is 0 Å². The summed E-state index contributed by atoms with van der Waals surface area (Å²) in [5.74, 6) is 3.66. The Balaban J connectivity index is 1.53. The van der Waals surface area contributed by atoms with Gasteiger partial charge in [0.05, 0.1) is 24.3 Å². The van der Waals surface area contributed by atoms with Crippen molar-refractivity contribution in [2.24, 2.45) is 0 Å². The van der Waals surface area contributed by atoms with Gasteiger partial charge in [0.25, 0.3) is 0 Å². The van der Waals surface area contributed by atoms with E-state index < -0.39 is 0 Å². The maximum Gasteiger partial charge on any atom is 0.234 e. The summed E-state index contributed by atoms with van der Waals surface area (Å²) in [6, 6.07) is 11.2. The topological polar surface area (TPSA) is 108 Å². The zero-order valence-electron chi connectivity index (χ0n) is 19.9. The molecule has 0 radical (unpaired) electrons. The van der Waals surface area contributed by atoms with Gasteiger partial charge >= 0.3 is 0 Å². The summed E-state index contributed by atoms with van der Waals surface area (Å²) in [6.45, 7) is 2.54. The van der Waals surface area contributed by atoms with Crippen LogP contribution in [-0.4, -0.2) is 64.3 Å². The van der Waals surface area contributed by atoms with E-state index in [0.29, 0.717) is 24.8 Å². The van der Waals surface area contributed by atoms with Crippen LogP contribution in [0.25, 0.3) is 22.0 Å². The monoisotopic (exact) mass is 469 g/mol. The number of hydrogen-bond donors (Lipinski definition) is 3. The van der Waals surface area contributed by atoms with E-state index in [-0.39, 0.29) is 11.9 Å². The van der Waals surface area contributed by atoms with E-state index in [4.69, 9.17) is 11.2 Å². The molecule has 2 aromatic heterocycles. The molecule has 2 heterocycles. The minimum Gasteiger partial charge on any atom is -0.491 e. The highest BCUT2D eigenvalue weighted by molar-refractivity contribution is 5.81. The molecule has 0 fully saturated rings. The molecule has 9 nitrogen and oxygen atoms in total. The van der Waals surface area contributed by atoms with Crippen LogP contribution in [0.15, 0.2) is 55.0 Å². The van der Waals surface area contributed by atoms with E-state index in [1.54, 1.807) is 12.4 Å². The number of nitrogens with zero attached hydrogens (tertiary/aromatic N) is 4. The number of benzene rings is 2. The normalized spacial score (nSPS) is 11.7. The number of rotatable bonds is 9. The first-order valence-corrected chi connectivity index (χ1v) is 11.1. The number of carbonyl (C=O) groups excluding carboxylic acids is 1. The third-order valence-electron chi connectivity index (χ3n) is 5.11. The van der Waals surface area contributed by atoms with Crippen molar-refractivity contribution in [3.63, 3.8) is 0 Å². The van der Waals surface area contributed by atoms with Crippen molar-refractivity contribution in [1.29, 1.82) is 0 Å². The summed E-state index contributed by atoms with van der Waals surface area (Å²) in [5, 5.41) is 13.9. The molecule has 0 unspecified atom stereocenters. The Bertz CT molecular complexity index is 1360. The van der Waals surface area contributed by atoms with Crippen LogP contribution in [0.4, 0.5) is 11.6 Å². The molecule has 0 bridgehead atoms. The third-order valence-corrected chi connectivity index (χ3v) is 5.11. The largest absolute Gasteiger partial charge is 0.491 e. The molecule has 9 heteroatoms. The Labute approximate surface area is 203 Å². The number of aromatic amines is 1. The van der Waals surface area contributed by atoms with Gasteiger partial charge in [0.1, 0.15) is 12.4 Å². The molecule has 1 amide bonds. The van der Waals surface area contributed by atoms with Crippen LogP contribution in [0.1, 0.15) is 12.5 Å². The number of hydrogen-bond acceptors (Lipinski definition) is 7. The second-order valence-electron chi connectivity index (χ2n) is 8.49. The molecule has 1 atom stereocenters. The Hall–Kier alpha value is -4.42. The Kier molecular flexibility index (Phi) is 7.24. The smallest absolute Gasteiger partial charge is 0.234 e. The lowest BCUT2D eigenvalue weighted by Crippen LogP contribution is -2.41. The maximum atomic E-state index is 12.0. The second-order valence-corrected chi connectivity index (χ2v) is 8.49. The summed E-state index contributed by atoms with van der Waals surface area (Å²) in [7, 11) is 3.70. The summed E-state index contributed by atoms with van der Waals surface area (Å²) >= 11 is 0. The molecule has 3 N–H and O–H groups in total. The molecule has 0 saturated heterocycles. The van der Waals surface area contributed by atoms with Gasteiger partial charge in [-0.3, -0.25) is 9.89 Å². The number of carbonyl (C=O) groups is 1. The minimum absolute atomic E-state index is 0.0524. The van der Waals surface area contributed by atoms with Gasteiger partial charge in [-0.05, 0) is 56.9 Å². The minimum atomic E-state index is -0.159. The molecule has 0 saturated carbocycles. The van der Waals surface area contributed by atoms with E-state index in [2.05, 4.69) is 36.7 Å². The summed E-state index contributed by atoms with van der Waals surface area (Å²) in [4.78, 5) is 22.9. The number of likely N-dealkylation sites (N-methyl/N-ethyl adjacent to an activating group) is 1. The average molecular weight is 470 g/mol. The molecule has 4 rings (SSSR count). The average Bonchev–Trinajstić information content (AvgIpc) is 3.37. The fraction of sp³-hybridized carbons (Fsp3) is 0.231. The van der Waals surface area contributed by atoms with Gasteiger partial charge < -0.3 is 20.3 Å². The molecule has 2 aromatic carbocycles. The number of ether oxygens (including phenoxy) is 1. The number of fused-ring (bicyclic) bond motifs is 1. The van der Waals surface area contributed by atoms with E-state index in [1.807, 2.05) is 68.5 Å². The van der Waals surface area contributed by atoms with E-state index >= 15 is 0 Å². The molecule has 0 aliphatic carbocycles. The van der Waals surface area contributed by atoms with Gasteiger partial charge in [-0.2, -0.15) is 5.10 Å². The van der Waals surface area contributed by atoms with Crippen LogP contribution >= 0.6 is 0 Å². The highest BCUT2D eigenvalue weighted by atomic mass is 16.5. The van der Waals surface area contributed by atoms with Crippen molar-refractivity contribution in [2.45, 2.75) is 13.0 Å². The Morgan fingerprint density at radius 1 is 1.20 bits per heavy atom. The van der Waals surface area contributed by atoms with Crippen molar-refractivity contribution in [2.75, 3.05) is 32.6 Å². The van der Waals surface area contributed by atoms with Gasteiger partial charge in [0.2, 0.25) is 11.9 Å². The predicted molar refractivity (Wildman–Crippen MR) is 136 cm³/mol. The zero-order valence-corrected chi connectivity index (χ0v) is 19.9. The van der Waals surface area contributed by atoms with E-state index in [1.165, 1.54) is 0 Å². The van der Waals surface area contributed by atoms with Gasteiger partial charge in [0.15, 0.2) is 0 Å². The lowest BCUT2D eigenvalue weighted by atomic mass is 10.1. The van der Waals surface area contributed by atoms with Crippen LogP contribution in [0, 0.1) is 12.3 Å². The van der Waals surface area contributed by atoms with Gasteiger partial charge in [-0.15, -0.1) is 6.42 Å². The first-order chi connectivity index (χ1) is 16.9. The first-order valence-electron chi connectivity index (χ1n) is 11.1. The fourth-order valence-electron chi connectivity index (χ4n) is 3.51. The quantitative estimate of drug-likeness (QED) is 0.323. The van der Waals surface area contributed by atoms with Crippen molar-refractivity contribution in [3.05, 3.63) is 60.6 Å². The predicted octanol–water partition coefficient (Wildman–Crippen LogP) is 3.19. The lowest BCUT2D eigenvalue weighted by molar-refractivity contribution is -0.122. The summed E-state index contributed by atoms with van der Waals surface area (Å²) in [6.07, 6.45) is 10.8.